The minimum Gasteiger partial charge on any atom is -0.473 e. The first kappa shape index (κ1) is 27.5. The Balaban J connectivity index is 0.000000641. The highest BCUT2D eigenvalue weighted by Gasteiger charge is 2.18. The van der Waals surface area contributed by atoms with E-state index in [0.717, 1.165) is 35.5 Å². The molecule has 0 unspecified atom stereocenters. The first-order valence-corrected chi connectivity index (χ1v) is 11.4. The van der Waals surface area contributed by atoms with Crippen LogP contribution in [0.3, 0.4) is 0 Å². The molecule has 0 atom stereocenters. The van der Waals surface area contributed by atoms with Crippen molar-refractivity contribution in [1.29, 1.82) is 0 Å². The van der Waals surface area contributed by atoms with Gasteiger partial charge in [-0.15, -0.1) is 0 Å². The Morgan fingerprint density at radius 1 is 0.886 bits per heavy atom. The lowest BCUT2D eigenvalue weighted by atomic mass is 10.2. The summed E-state index contributed by atoms with van der Waals surface area (Å²) in [6, 6.07) is 21.2. The molecule has 0 saturated carbocycles. The molecule has 0 spiro atoms. The molecule has 35 heavy (non-hydrogen) atoms. The van der Waals surface area contributed by atoms with Gasteiger partial charge in [-0.25, -0.2) is 14.6 Å². The maximum absolute atomic E-state index is 12.9. The van der Waals surface area contributed by atoms with Gasteiger partial charge < -0.3 is 25.3 Å². The zero-order valence-electron chi connectivity index (χ0n) is 19.4. The van der Waals surface area contributed by atoms with Gasteiger partial charge in [0, 0.05) is 22.9 Å². The molecule has 2 aromatic carbocycles. The molecule has 9 nitrogen and oxygen atoms in total. The summed E-state index contributed by atoms with van der Waals surface area (Å²) in [5, 5.41) is 17.8. The Kier molecular flexibility index (Phi) is 10.9. The van der Waals surface area contributed by atoms with Crippen LogP contribution in [0.15, 0.2) is 77.4 Å². The second kappa shape index (κ2) is 13.8. The molecule has 1 heterocycles. The van der Waals surface area contributed by atoms with Crippen LogP contribution < -0.4 is 10.2 Å². The summed E-state index contributed by atoms with van der Waals surface area (Å²) < 4.78 is 0.758. The predicted octanol–water partition coefficient (Wildman–Crippen LogP) is 4.34. The number of aliphatic carboxylic acids is 2. The average Bonchev–Trinajstić information content (AvgIpc) is 2.83. The van der Waals surface area contributed by atoms with Crippen molar-refractivity contribution in [1.82, 2.24) is 9.88 Å². The quantitative estimate of drug-likeness (QED) is 0.359. The number of hydrogen-bond donors (Lipinski definition) is 3. The molecule has 3 rings (SSSR count). The molecule has 0 radical (unpaired) electrons. The van der Waals surface area contributed by atoms with Gasteiger partial charge in [0.1, 0.15) is 0 Å². The number of carboxylic acid groups (broad SMARTS) is 2. The average molecular weight is 543 g/mol. The highest BCUT2D eigenvalue weighted by Crippen LogP contribution is 2.31. The van der Waals surface area contributed by atoms with E-state index in [9.17, 15) is 4.79 Å². The van der Waals surface area contributed by atoms with E-state index in [1.165, 1.54) is 0 Å². The van der Waals surface area contributed by atoms with Crippen LogP contribution in [-0.2, 0) is 9.59 Å². The van der Waals surface area contributed by atoms with Crippen molar-refractivity contribution < 1.29 is 24.6 Å². The van der Waals surface area contributed by atoms with Gasteiger partial charge in [-0.3, -0.25) is 4.79 Å². The summed E-state index contributed by atoms with van der Waals surface area (Å²) in [7, 11) is 4.13. The molecule has 0 fully saturated rings. The second-order valence-electron chi connectivity index (χ2n) is 7.56. The van der Waals surface area contributed by atoms with Gasteiger partial charge in [-0.05, 0) is 79.4 Å². The lowest BCUT2D eigenvalue weighted by Crippen LogP contribution is -2.25. The van der Waals surface area contributed by atoms with Crippen molar-refractivity contribution in [3.63, 3.8) is 0 Å². The van der Waals surface area contributed by atoms with Gasteiger partial charge in [0.15, 0.2) is 5.82 Å². The van der Waals surface area contributed by atoms with E-state index in [1.54, 1.807) is 12.3 Å². The number of aromatic nitrogens is 1. The van der Waals surface area contributed by atoms with Crippen LogP contribution >= 0.6 is 15.9 Å². The number of hydrogen-bond acceptors (Lipinski definition) is 6. The third kappa shape index (κ3) is 8.84. The number of rotatable bonds is 8. The maximum atomic E-state index is 12.9. The SMILES string of the molecule is CN(C)CCCN(c1ccccc1)c1ncccc1NC(=O)c1ccccc1Br.O=C(O)C(=O)O. The summed E-state index contributed by atoms with van der Waals surface area (Å²) in [5.41, 5.74) is 2.31. The Labute approximate surface area is 212 Å². The summed E-state index contributed by atoms with van der Waals surface area (Å²) >= 11 is 3.45. The van der Waals surface area contributed by atoms with Gasteiger partial charge in [0.05, 0.1) is 11.3 Å². The first-order chi connectivity index (χ1) is 16.7. The largest absolute Gasteiger partial charge is 0.473 e. The van der Waals surface area contributed by atoms with Crippen molar-refractivity contribution in [2.45, 2.75) is 6.42 Å². The van der Waals surface area contributed by atoms with Crippen molar-refractivity contribution in [3.05, 3.63) is 83.0 Å². The zero-order chi connectivity index (χ0) is 25.8. The van der Waals surface area contributed by atoms with Crippen LogP contribution in [0, 0.1) is 0 Å². The Morgan fingerprint density at radius 3 is 2.11 bits per heavy atom. The molecule has 0 aliphatic rings. The van der Waals surface area contributed by atoms with Crippen LogP contribution in [0.2, 0.25) is 0 Å². The number of nitrogens with zero attached hydrogens (tertiary/aromatic N) is 3. The lowest BCUT2D eigenvalue weighted by molar-refractivity contribution is -0.159. The molecule has 0 aliphatic carbocycles. The summed E-state index contributed by atoms with van der Waals surface area (Å²) in [5.74, 6) is -3.09. The fraction of sp³-hybridized carbons (Fsp3) is 0.200. The molecule has 184 valence electrons. The molecular weight excluding hydrogens is 516 g/mol. The van der Waals surface area contributed by atoms with Gasteiger partial charge >= 0.3 is 11.9 Å². The van der Waals surface area contributed by atoms with Crippen molar-refractivity contribution >= 4 is 51.0 Å². The number of carbonyl (C=O) groups is 3. The van der Waals surface area contributed by atoms with Crippen molar-refractivity contribution in [3.8, 4) is 0 Å². The van der Waals surface area contributed by atoms with E-state index in [1.807, 2.05) is 48.5 Å². The molecule has 1 amide bonds. The Morgan fingerprint density at radius 2 is 1.51 bits per heavy atom. The number of amides is 1. The van der Waals surface area contributed by atoms with Crippen molar-refractivity contribution in [2.24, 2.45) is 0 Å². The third-order valence-corrected chi connectivity index (χ3v) is 5.34. The van der Waals surface area contributed by atoms with E-state index in [4.69, 9.17) is 19.8 Å². The van der Waals surface area contributed by atoms with Crippen LogP contribution in [-0.4, -0.2) is 65.1 Å². The fourth-order valence-corrected chi connectivity index (χ4v) is 3.52. The maximum Gasteiger partial charge on any atom is 0.414 e. The molecular formula is C25H27BrN4O5. The number of halogens is 1. The van der Waals surface area contributed by atoms with E-state index in [2.05, 4.69) is 62.3 Å². The molecule has 0 bridgehead atoms. The highest BCUT2D eigenvalue weighted by molar-refractivity contribution is 9.10. The van der Waals surface area contributed by atoms with Gasteiger partial charge in [-0.2, -0.15) is 0 Å². The van der Waals surface area contributed by atoms with Crippen molar-refractivity contribution in [2.75, 3.05) is 37.4 Å². The lowest BCUT2D eigenvalue weighted by Gasteiger charge is -2.26. The van der Waals surface area contributed by atoms with E-state index < -0.39 is 11.9 Å². The summed E-state index contributed by atoms with van der Waals surface area (Å²) in [6.45, 7) is 1.76. The number of carboxylic acids is 2. The fourth-order valence-electron chi connectivity index (χ4n) is 3.05. The van der Waals surface area contributed by atoms with Crippen LogP contribution in [0.5, 0.6) is 0 Å². The number of para-hydroxylation sites is 1. The second-order valence-corrected chi connectivity index (χ2v) is 8.42. The third-order valence-electron chi connectivity index (χ3n) is 4.65. The first-order valence-electron chi connectivity index (χ1n) is 10.6. The topological polar surface area (TPSA) is 123 Å². The summed E-state index contributed by atoms with van der Waals surface area (Å²) in [4.78, 5) is 40.0. The van der Waals surface area contributed by atoms with Crippen LogP contribution in [0.1, 0.15) is 16.8 Å². The zero-order valence-corrected chi connectivity index (χ0v) is 21.0. The smallest absolute Gasteiger partial charge is 0.414 e. The number of anilines is 3. The predicted molar refractivity (Wildman–Crippen MR) is 138 cm³/mol. The van der Waals surface area contributed by atoms with Gasteiger partial charge in [-0.1, -0.05) is 30.3 Å². The van der Waals surface area contributed by atoms with Crippen LogP contribution in [0.25, 0.3) is 0 Å². The number of pyridine rings is 1. The minimum atomic E-state index is -1.82. The number of nitrogens with one attached hydrogen (secondary N) is 1. The minimum absolute atomic E-state index is 0.173. The molecule has 0 aliphatic heterocycles. The number of benzene rings is 2. The summed E-state index contributed by atoms with van der Waals surface area (Å²) in [6.07, 6.45) is 2.72. The Bertz CT molecular complexity index is 1130. The molecule has 10 heteroatoms. The molecule has 3 N–H and O–H groups in total. The number of carbonyl (C=O) groups excluding carboxylic acids is 1. The monoisotopic (exact) mass is 542 g/mol. The van der Waals surface area contributed by atoms with E-state index in [-0.39, 0.29) is 5.91 Å². The van der Waals surface area contributed by atoms with Crippen LogP contribution in [0.4, 0.5) is 17.2 Å². The normalized spacial score (nSPS) is 10.2. The van der Waals surface area contributed by atoms with E-state index in [0.29, 0.717) is 11.3 Å². The molecule has 1 aromatic heterocycles. The molecule has 3 aromatic rings. The Hall–Kier alpha value is -3.76. The standard InChI is InChI=1S/C23H25BrN4O.C2H2O4/c1-27(2)16-9-17-28(18-10-4-3-5-11-18)22-21(14-8-15-25-22)26-23(29)19-12-6-7-13-20(19)24;3-1(4)2(5)6/h3-8,10-15H,9,16-17H2,1-2H3,(H,26,29);(H,3,4)(H,5,6). The van der Waals surface area contributed by atoms with Gasteiger partial charge in [0.2, 0.25) is 0 Å². The highest BCUT2D eigenvalue weighted by atomic mass is 79.9. The molecule has 0 saturated heterocycles. The van der Waals surface area contributed by atoms with Gasteiger partial charge in [0.25, 0.3) is 5.91 Å². The van der Waals surface area contributed by atoms with E-state index >= 15 is 0 Å².